The van der Waals surface area contributed by atoms with Crippen LogP contribution in [0.25, 0.3) is 0 Å². The third-order valence-corrected chi connectivity index (χ3v) is 4.82. The minimum absolute atomic E-state index is 0.203. The number of hydrogen-bond donors (Lipinski definition) is 0. The van der Waals surface area contributed by atoms with Gasteiger partial charge in [-0.3, -0.25) is 0 Å². The van der Waals surface area contributed by atoms with Crippen molar-refractivity contribution in [2.45, 2.75) is 52.6 Å². The van der Waals surface area contributed by atoms with Crippen LogP contribution in [0.3, 0.4) is 0 Å². The number of oxime groups is 1. The normalized spacial score (nSPS) is 12.8. The summed E-state index contributed by atoms with van der Waals surface area (Å²) in [5.74, 6) is 1.82. The maximum Gasteiger partial charge on any atom is 0.130 e. The minimum atomic E-state index is -0.308. The first-order valence-electron chi connectivity index (χ1n) is 10.4. The van der Waals surface area contributed by atoms with E-state index in [1.807, 2.05) is 52.0 Å². The summed E-state index contributed by atoms with van der Waals surface area (Å²) >= 11 is 11.2. The second-order valence-electron chi connectivity index (χ2n) is 8.17. The molecular formula is C25H31Cl2NO3. The third-order valence-electron chi connectivity index (χ3n) is 4.51. The number of hydrogen-bond acceptors (Lipinski definition) is 4. The lowest BCUT2D eigenvalue weighted by atomic mass is 9.93. The summed E-state index contributed by atoms with van der Waals surface area (Å²) in [5.41, 5.74) is 2.97. The fourth-order valence-corrected chi connectivity index (χ4v) is 2.79. The largest absolute Gasteiger partial charge is 0.489 e. The zero-order valence-corrected chi connectivity index (χ0v) is 20.3. The topological polar surface area (TPSA) is 40.0 Å². The lowest BCUT2D eigenvalue weighted by molar-refractivity contribution is -0.000142. The molecule has 0 aliphatic heterocycles. The first kappa shape index (κ1) is 25.1. The molecule has 0 bridgehead atoms. The van der Waals surface area contributed by atoms with Crippen molar-refractivity contribution in [2.75, 3.05) is 13.2 Å². The third kappa shape index (κ3) is 9.24. The maximum absolute atomic E-state index is 5.88. The number of ether oxygens (including phenoxy) is 2. The summed E-state index contributed by atoms with van der Waals surface area (Å²) in [7, 11) is 0. The van der Waals surface area contributed by atoms with Crippen LogP contribution in [0.15, 0.2) is 64.3 Å². The monoisotopic (exact) mass is 463 g/mol. The van der Waals surface area contributed by atoms with Crippen LogP contribution in [-0.2, 0) is 4.84 Å². The van der Waals surface area contributed by atoms with Gasteiger partial charge in [0.1, 0.15) is 34.8 Å². The van der Waals surface area contributed by atoms with Gasteiger partial charge in [-0.05, 0) is 68.7 Å². The Kier molecular flexibility index (Phi) is 9.73. The van der Waals surface area contributed by atoms with E-state index >= 15 is 0 Å². The van der Waals surface area contributed by atoms with Crippen LogP contribution in [0.4, 0.5) is 0 Å². The summed E-state index contributed by atoms with van der Waals surface area (Å²) in [5, 5.41) is 4.21. The summed E-state index contributed by atoms with van der Waals surface area (Å²) in [4.78, 5) is 5.50. The summed E-state index contributed by atoms with van der Waals surface area (Å²) < 4.78 is 11.7. The van der Waals surface area contributed by atoms with E-state index in [1.54, 1.807) is 6.08 Å². The predicted octanol–water partition coefficient (Wildman–Crippen LogP) is 7.50. The van der Waals surface area contributed by atoms with Crippen molar-refractivity contribution in [3.05, 3.63) is 70.2 Å². The Hall–Kier alpha value is -2.17. The van der Waals surface area contributed by atoms with Crippen LogP contribution in [0, 0.1) is 0 Å². The summed E-state index contributed by atoms with van der Waals surface area (Å²) in [6.07, 6.45) is 2.39. The lowest BCUT2D eigenvalue weighted by Gasteiger charge is -2.17. The molecule has 0 N–H and O–H groups in total. The van der Waals surface area contributed by atoms with Crippen LogP contribution < -0.4 is 9.47 Å². The molecule has 0 fully saturated rings. The standard InChI is InChI=1S/C25H31Cl2NO3/c1-6-21(28-31-25(3,4)5)17-30-23-13-9-20(10-14-23)18(2)19-7-11-22(12-8-19)29-16-15-24(26)27/h7-15,18H,6,16-17H2,1-5H3. The van der Waals surface area contributed by atoms with Gasteiger partial charge in [-0.2, -0.15) is 0 Å². The van der Waals surface area contributed by atoms with Crippen LogP contribution in [0.1, 0.15) is 58.1 Å². The van der Waals surface area contributed by atoms with Gasteiger partial charge in [-0.1, -0.05) is 66.5 Å². The lowest BCUT2D eigenvalue weighted by Crippen LogP contribution is -2.19. The highest BCUT2D eigenvalue weighted by Crippen LogP contribution is 2.27. The van der Waals surface area contributed by atoms with Crippen LogP contribution in [0.5, 0.6) is 11.5 Å². The van der Waals surface area contributed by atoms with E-state index in [0.29, 0.717) is 13.2 Å². The van der Waals surface area contributed by atoms with Crippen LogP contribution in [0.2, 0.25) is 0 Å². The fraction of sp³-hybridized carbons (Fsp3) is 0.400. The molecule has 2 aromatic carbocycles. The van der Waals surface area contributed by atoms with Crippen molar-refractivity contribution in [2.24, 2.45) is 5.16 Å². The molecular weight excluding hydrogens is 433 g/mol. The maximum atomic E-state index is 5.88. The molecule has 0 aromatic heterocycles. The molecule has 0 radical (unpaired) electrons. The molecule has 4 nitrogen and oxygen atoms in total. The Morgan fingerprint density at radius 1 is 0.935 bits per heavy atom. The molecule has 0 saturated carbocycles. The van der Waals surface area contributed by atoms with Gasteiger partial charge in [-0.15, -0.1) is 0 Å². The molecule has 0 aliphatic rings. The van der Waals surface area contributed by atoms with E-state index in [-0.39, 0.29) is 16.0 Å². The van der Waals surface area contributed by atoms with Gasteiger partial charge < -0.3 is 14.3 Å². The molecule has 0 saturated heterocycles. The zero-order chi connectivity index (χ0) is 22.9. The molecule has 2 aromatic rings. The smallest absolute Gasteiger partial charge is 0.130 e. The van der Waals surface area contributed by atoms with E-state index in [2.05, 4.69) is 36.3 Å². The SMILES string of the molecule is CCC(COc1ccc(C(C)c2ccc(OCC=C(Cl)Cl)cc2)cc1)=NOC(C)(C)C. The predicted molar refractivity (Wildman–Crippen MR) is 130 cm³/mol. The Bertz CT molecular complexity index is 865. The molecule has 1 atom stereocenters. The highest BCUT2D eigenvalue weighted by Gasteiger charge is 2.12. The first-order valence-corrected chi connectivity index (χ1v) is 11.1. The molecule has 0 spiro atoms. The number of nitrogens with zero attached hydrogens (tertiary/aromatic N) is 1. The molecule has 0 aliphatic carbocycles. The molecule has 1 unspecified atom stereocenters. The van der Waals surface area contributed by atoms with Crippen LogP contribution in [-0.4, -0.2) is 24.5 Å². The van der Waals surface area contributed by atoms with Crippen molar-refractivity contribution in [1.82, 2.24) is 0 Å². The minimum Gasteiger partial charge on any atom is -0.489 e. The van der Waals surface area contributed by atoms with Crippen LogP contribution >= 0.6 is 23.2 Å². The van der Waals surface area contributed by atoms with Crippen molar-refractivity contribution in [3.8, 4) is 11.5 Å². The first-order chi connectivity index (χ1) is 14.7. The van der Waals surface area contributed by atoms with Crippen molar-refractivity contribution >= 4 is 28.9 Å². The molecule has 0 heterocycles. The van der Waals surface area contributed by atoms with Gasteiger partial charge in [0.25, 0.3) is 0 Å². The molecule has 2 rings (SSSR count). The fourth-order valence-electron chi connectivity index (χ4n) is 2.66. The second kappa shape index (κ2) is 12.0. The number of benzene rings is 2. The van der Waals surface area contributed by atoms with E-state index in [9.17, 15) is 0 Å². The summed E-state index contributed by atoms with van der Waals surface area (Å²) in [6.45, 7) is 10.9. The van der Waals surface area contributed by atoms with Gasteiger partial charge in [0.05, 0.1) is 5.71 Å². The van der Waals surface area contributed by atoms with E-state index in [0.717, 1.165) is 23.6 Å². The Morgan fingerprint density at radius 2 is 1.45 bits per heavy atom. The Balaban J connectivity index is 1.94. The second-order valence-corrected chi connectivity index (χ2v) is 9.18. The van der Waals surface area contributed by atoms with Gasteiger partial charge in [0, 0.05) is 5.92 Å². The average molecular weight is 464 g/mol. The molecule has 6 heteroatoms. The van der Waals surface area contributed by atoms with E-state index in [4.69, 9.17) is 37.5 Å². The highest BCUT2D eigenvalue weighted by molar-refractivity contribution is 6.55. The molecule has 0 amide bonds. The Morgan fingerprint density at radius 3 is 1.90 bits per heavy atom. The summed E-state index contributed by atoms with van der Waals surface area (Å²) in [6, 6.07) is 16.2. The molecule has 168 valence electrons. The Labute approximate surface area is 195 Å². The van der Waals surface area contributed by atoms with Gasteiger partial charge in [-0.25, -0.2) is 0 Å². The number of rotatable bonds is 10. The quantitative estimate of drug-likeness (QED) is 0.270. The van der Waals surface area contributed by atoms with Gasteiger partial charge in [0.15, 0.2) is 0 Å². The van der Waals surface area contributed by atoms with Gasteiger partial charge in [0.2, 0.25) is 0 Å². The highest BCUT2D eigenvalue weighted by atomic mass is 35.5. The van der Waals surface area contributed by atoms with Gasteiger partial charge >= 0.3 is 0 Å². The van der Waals surface area contributed by atoms with Crippen molar-refractivity contribution < 1.29 is 14.3 Å². The molecule has 31 heavy (non-hydrogen) atoms. The number of halogens is 2. The average Bonchev–Trinajstić information content (AvgIpc) is 2.73. The zero-order valence-electron chi connectivity index (χ0n) is 18.8. The van der Waals surface area contributed by atoms with E-state index < -0.39 is 0 Å². The van der Waals surface area contributed by atoms with E-state index in [1.165, 1.54) is 11.1 Å². The van der Waals surface area contributed by atoms with Crippen molar-refractivity contribution in [1.29, 1.82) is 0 Å². The van der Waals surface area contributed by atoms with Crippen molar-refractivity contribution in [3.63, 3.8) is 0 Å².